The fourth-order valence-electron chi connectivity index (χ4n) is 2.50. The van der Waals surface area contributed by atoms with Crippen molar-refractivity contribution in [2.24, 2.45) is 0 Å². The molecule has 1 aromatic carbocycles. The van der Waals surface area contributed by atoms with E-state index in [1.54, 1.807) is 11.3 Å². The van der Waals surface area contributed by atoms with E-state index in [0.29, 0.717) is 12.6 Å². The molecule has 4 nitrogen and oxygen atoms in total. The Kier molecular flexibility index (Phi) is 4.65. The summed E-state index contributed by atoms with van der Waals surface area (Å²) in [6.45, 7) is 4.48. The van der Waals surface area contributed by atoms with Gasteiger partial charge in [-0.05, 0) is 12.5 Å². The summed E-state index contributed by atoms with van der Waals surface area (Å²) < 4.78 is 5.57. The van der Waals surface area contributed by atoms with Crippen molar-refractivity contribution in [2.75, 3.05) is 19.8 Å². The SMILES string of the molecule is CC1COC(CO)CN1Cc1ncc(-c2ccccc2)s1. The standard InChI is InChI=1S/C16H20N2O2S/c1-12-11-20-14(10-19)8-18(12)9-16-17-7-15(21-16)13-5-3-2-4-6-13/h2-7,12,14,19H,8-11H2,1H3. The topological polar surface area (TPSA) is 45.6 Å². The van der Waals surface area contributed by atoms with E-state index in [2.05, 4.69) is 28.9 Å². The number of rotatable bonds is 4. The molecule has 1 N–H and O–H groups in total. The molecule has 2 aromatic rings. The summed E-state index contributed by atoms with van der Waals surface area (Å²) >= 11 is 1.73. The number of aliphatic hydroxyl groups excluding tert-OH is 1. The molecule has 1 fully saturated rings. The van der Waals surface area contributed by atoms with Gasteiger partial charge in [0.25, 0.3) is 0 Å². The number of nitrogens with zero attached hydrogens (tertiary/aromatic N) is 2. The van der Waals surface area contributed by atoms with E-state index in [4.69, 9.17) is 4.74 Å². The molecule has 0 aliphatic carbocycles. The molecule has 112 valence electrons. The summed E-state index contributed by atoms with van der Waals surface area (Å²) in [5, 5.41) is 10.4. The highest BCUT2D eigenvalue weighted by molar-refractivity contribution is 7.15. The molecule has 3 rings (SSSR count). The van der Waals surface area contributed by atoms with E-state index < -0.39 is 0 Å². The van der Waals surface area contributed by atoms with Crippen LogP contribution < -0.4 is 0 Å². The number of thiazole rings is 1. The zero-order chi connectivity index (χ0) is 14.7. The average Bonchev–Trinajstić information content (AvgIpc) is 2.99. The number of ether oxygens (including phenoxy) is 1. The molecule has 2 heterocycles. The molecular formula is C16H20N2O2S. The molecule has 21 heavy (non-hydrogen) atoms. The van der Waals surface area contributed by atoms with Gasteiger partial charge in [0.15, 0.2) is 0 Å². The lowest BCUT2D eigenvalue weighted by atomic mass is 10.2. The highest BCUT2D eigenvalue weighted by atomic mass is 32.1. The van der Waals surface area contributed by atoms with Crippen LogP contribution >= 0.6 is 11.3 Å². The first kappa shape index (κ1) is 14.7. The molecule has 1 aliphatic rings. The first-order chi connectivity index (χ1) is 10.3. The third-order valence-electron chi connectivity index (χ3n) is 3.79. The Morgan fingerprint density at radius 1 is 1.38 bits per heavy atom. The normalized spacial score (nSPS) is 23.3. The molecule has 5 heteroatoms. The molecule has 0 saturated carbocycles. The zero-order valence-electron chi connectivity index (χ0n) is 12.1. The van der Waals surface area contributed by atoms with Crippen molar-refractivity contribution < 1.29 is 9.84 Å². The Hall–Kier alpha value is -1.27. The molecular weight excluding hydrogens is 284 g/mol. The molecule has 1 saturated heterocycles. The monoisotopic (exact) mass is 304 g/mol. The van der Waals surface area contributed by atoms with Crippen molar-refractivity contribution in [2.45, 2.75) is 25.6 Å². The van der Waals surface area contributed by atoms with Gasteiger partial charge in [-0.25, -0.2) is 4.98 Å². The molecule has 0 spiro atoms. The Bertz CT molecular complexity index is 573. The van der Waals surface area contributed by atoms with E-state index in [0.717, 1.165) is 18.1 Å². The number of aliphatic hydroxyl groups is 1. The van der Waals surface area contributed by atoms with Crippen molar-refractivity contribution in [1.29, 1.82) is 0 Å². The van der Waals surface area contributed by atoms with Crippen molar-refractivity contribution in [3.05, 3.63) is 41.5 Å². The molecule has 0 amide bonds. The largest absolute Gasteiger partial charge is 0.394 e. The maximum absolute atomic E-state index is 9.25. The molecule has 2 unspecified atom stereocenters. The second-order valence-corrected chi connectivity index (χ2v) is 6.52. The van der Waals surface area contributed by atoms with Crippen molar-refractivity contribution in [1.82, 2.24) is 9.88 Å². The van der Waals surface area contributed by atoms with Gasteiger partial charge in [0.1, 0.15) is 5.01 Å². The molecule has 1 aromatic heterocycles. The van der Waals surface area contributed by atoms with Gasteiger partial charge in [0.2, 0.25) is 0 Å². The summed E-state index contributed by atoms with van der Waals surface area (Å²) in [5.74, 6) is 0. The van der Waals surface area contributed by atoms with Crippen LogP contribution in [0.3, 0.4) is 0 Å². The Morgan fingerprint density at radius 2 is 2.19 bits per heavy atom. The van der Waals surface area contributed by atoms with E-state index in [-0.39, 0.29) is 12.7 Å². The minimum absolute atomic E-state index is 0.0743. The Balaban J connectivity index is 1.69. The fourth-order valence-corrected chi connectivity index (χ4v) is 3.45. The zero-order valence-corrected chi connectivity index (χ0v) is 12.9. The van der Waals surface area contributed by atoms with Gasteiger partial charge in [-0.15, -0.1) is 11.3 Å². The predicted molar refractivity (Wildman–Crippen MR) is 84.2 cm³/mol. The van der Waals surface area contributed by atoms with Crippen molar-refractivity contribution >= 4 is 11.3 Å². The van der Waals surface area contributed by atoms with Crippen LogP contribution in [0.4, 0.5) is 0 Å². The third-order valence-corrected chi connectivity index (χ3v) is 4.82. The van der Waals surface area contributed by atoms with Crippen LogP contribution in [0.1, 0.15) is 11.9 Å². The maximum Gasteiger partial charge on any atom is 0.107 e. The van der Waals surface area contributed by atoms with E-state index in [1.807, 2.05) is 24.4 Å². The van der Waals surface area contributed by atoms with Gasteiger partial charge in [-0.1, -0.05) is 30.3 Å². The molecule has 2 atom stereocenters. The highest BCUT2D eigenvalue weighted by Gasteiger charge is 2.26. The summed E-state index contributed by atoms with van der Waals surface area (Å²) in [7, 11) is 0. The summed E-state index contributed by atoms with van der Waals surface area (Å²) in [6.07, 6.45) is 1.87. The lowest BCUT2D eigenvalue weighted by Gasteiger charge is -2.36. The van der Waals surface area contributed by atoms with E-state index in [1.165, 1.54) is 10.4 Å². The minimum Gasteiger partial charge on any atom is -0.394 e. The lowest BCUT2D eigenvalue weighted by Crippen LogP contribution is -2.48. The van der Waals surface area contributed by atoms with Crippen molar-refractivity contribution in [3.63, 3.8) is 0 Å². The third kappa shape index (κ3) is 3.49. The van der Waals surface area contributed by atoms with Gasteiger partial charge in [-0.3, -0.25) is 4.90 Å². The summed E-state index contributed by atoms with van der Waals surface area (Å²) in [4.78, 5) is 8.08. The first-order valence-corrected chi connectivity index (χ1v) is 8.04. The second kappa shape index (κ2) is 6.66. The number of morpholine rings is 1. The smallest absolute Gasteiger partial charge is 0.107 e. The summed E-state index contributed by atoms with van der Waals surface area (Å²) in [5.41, 5.74) is 1.21. The molecule has 0 bridgehead atoms. The first-order valence-electron chi connectivity index (χ1n) is 7.23. The number of hydrogen-bond donors (Lipinski definition) is 1. The van der Waals surface area contributed by atoms with Gasteiger partial charge >= 0.3 is 0 Å². The Morgan fingerprint density at radius 3 is 2.95 bits per heavy atom. The van der Waals surface area contributed by atoms with Crippen LogP contribution in [0.2, 0.25) is 0 Å². The lowest BCUT2D eigenvalue weighted by molar-refractivity contribution is -0.0805. The van der Waals surface area contributed by atoms with Crippen LogP contribution in [0.25, 0.3) is 10.4 Å². The van der Waals surface area contributed by atoms with Crippen LogP contribution in [0.5, 0.6) is 0 Å². The van der Waals surface area contributed by atoms with Crippen LogP contribution in [-0.2, 0) is 11.3 Å². The summed E-state index contributed by atoms with van der Waals surface area (Å²) in [6, 6.07) is 10.7. The van der Waals surface area contributed by atoms with E-state index in [9.17, 15) is 5.11 Å². The molecule has 0 radical (unpaired) electrons. The van der Waals surface area contributed by atoms with Gasteiger partial charge < -0.3 is 9.84 Å². The quantitative estimate of drug-likeness (QED) is 0.942. The predicted octanol–water partition coefficient (Wildman–Crippen LogP) is 2.39. The van der Waals surface area contributed by atoms with Crippen LogP contribution in [0.15, 0.2) is 36.5 Å². The van der Waals surface area contributed by atoms with Crippen LogP contribution in [-0.4, -0.2) is 46.9 Å². The maximum atomic E-state index is 9.25. The van der Waals surface area contributed by atoms with Crippen molar-refractivity contribution in [3.8, 4) is 10.4 Å². The van der Waals surface area contributed by atoms with Gasteiger partial charge in [0.05, 0.1) is 30.7 Å². The fraction of sp³-hybridized carbons (Fsp3) is 0.438. The number of hydrogen-bond acceptors (Lipinski definition) is 5. The second-order valence-electron chi connectivity index (χ2n) is 5.40. The Labute approximate surface area is 129 Å². The van der Waals surface area contributed by atoms with Gasteiger partial charge in [0, 0.05) is 18.8 Å². The van der Waals surface area contributed by atoms with E-state index >= 15 is 0 Å². The molecule has 1 aliphatic heterocycles. The highest BCUT2D eigenvalue weighted by Crippen LogP contribution is 2.27. The van der Waals surface area contributed by atoms with Crippen LogP contribution in [0, 0.1) is 0 Å². The van der Waals surface area contributed by atoms with Gasteiger partial charge in [-0.2, -0.15) is 0 Å². The number of benzene rings is 1. The number of aromatic nitrogens is 1. The average molecular weight is 304 g/mol. The minimum atomic E-state index is -0.0743.